The lowest BCUT2D eigenvalue weighted by Crippen LogP contribution is -2.29. The van der Waals surface area contributed by atoms with Gasteiger partial charge in [0.2, 0.25) is 21.8 Å². The van der Waals surface area contributed by atoms with Gasteiger partial charge in [0.05, 0.1) is 24.4 Å². The van der Waals surface area contributed by atoms with Crippen LogP contribution in [0.25, 0.3) is 0 Å². The molecule has 0 aliphatic heterocycles. The van der Waals surface area contributed by atoms with E-state index in [2.05, 4.69) is 10.6 Å². The van der Waals surface area contributed by atoms with Crippen molar-refractivity contribution in [3.05, 3.63) is 59.9 Å². The van der Waals surface area contributed by atoms with E-state index in [1.165, 1.54) is 19.1 Å². The quantitative estimate of drug-likeness (QED) is 0.672. The maximum atomic E-state index is 13.7. The van der Waals surface area contributed by atoms with E-state index in [0.717, 1.165) is 17.9 Å². The van der Waals surface area contributed by atoms with Crippen molar-refractivity contribution in [2.45, 2.75) is 19.4 Å². The van der Waals surface area contributed by atoms with E-state index in [1.54, 1.807) is 24.3 Å². The Morgan fingerprint density at radius 2 is 1.78 bits per heavy atom. The molecule has 144 valence electrons. The maximum absolute atomic E-state index is 13.7. The van der Waals surface area contributed by atoms with Crippen LogP contribution >= 0.6 is 0 Å². The number of carbonyl (C=O) groups excluding carboxylic acids is 2. The molecule has 0 radical (unpaired) electrons. The van der Waals surface area contributed by atoms with Crippen LogP contribution in [0.5, 0.6) is 0 Å². The predicted octanol–water partition coefficient (Wildman–Crippen LogP) is 2.40. The summed E-state index contributed by atoms with van der Waals surface area (Å²) in [5.74, 6) is -1.47. The monoisotopic (exact) mass is 393 g/mol. The number of anilines is 2. The molecule has 0 spiro atoms. The molecule has 2 aromatic carbocycles. The van der Waals surface area contributed by atoms with Crippen LogP contribution in [0.2, 0.25) is 0 Å². The van der Waals surface area contributed by atoms with Crippen LogP contribution in [0.3, 0.4) is 0 Å². The summed E-state index contributed by atoms with van der Waals surface area (Å²) in [6, 6.07) is 12.0. The first-order valence-electron chi connectivity index (χ1n) is 8.03. The molecule has 7 nitrogen and oxygen atoms in total. The Kier molecular flexibility index (Phi) is 6.51. The normalized spacial score (nSPS) is 12.1. The molecule has 0 aliphatic carbocycles. The number of nitrogens with one attached hydrogen (secondary N) is 3. The van der Waals surface area contributed by atoms with Gasteiger partial charge in [0, 0.05) is 12.6 Å². The van der Waals surface area contributed by atoms with E-state index in [1.807, 2.05) is 10.8 Å². The molecule has 0 bridgehead atoms. The summed E-state index contributed by atoms with van der Waals surface area (Å²) in [5, 5.41) is 5.29. The third-order valence-corrected chi connectivity index (χ3v) is 4.11. The van der Waals surface area contributed by atoms with Crippen molar-refractivity contribution in [3.8, 4) is 0 Å². The Hall–Kier alpha value is -2.94. The Labute approximate surface area is 157 Å². The molecule has 0 aliphatic rings. The molecule has 27 heavy (non-hydrogen) atoms. The van der Waals surface area contributed by atoms with E-state index in [4.69, 9.17) is 0 Å². The first-order chi connectivity index (χ1) is 12.6. The lowest BCUT2D eigenvalue weighted by atomic mass is 10.0. The fourth-order valence-corrected chi connectivity index (χ4v) is 3.02. The van der Waals surface area contributed by atoms with Crippen molar-refractivity contribution in [1.82, 2.24) is 5.32 Å². The van der Waals surface area contributed by atoms with Gasteiger partial charge >= 0.3 is 0 Å². The lowest BCUT2D eigenvalue weighted by Gasteiger charge is -2.18. The molecular weight excluding hydrogens is 373 g/mol. The zero-order valence-electron chi connectivity index (χ0n) is 14.8. The highest BCUT2D eigenvalue weighted by Gasteiger charge is 2.17. The van der Waals surface area contributed by atoms with Gasteiger partial charge in [0.1, 0.15) is 5.82 Å². The van der Waals surface area contributed by atoms with Gasteiger partial charge in [-0.15, -0.1) is 0 Å². The van der Waals surface area contributed by atoms with Crippen molar-refractivity contribution < 1.29 is 22.4 Å². The van der Waals surface area contributed by atoms with E-state index >= 15 is 0 Å². The second kappa shape index (κ2) is 8.63. The minimum atomic E-state index is -3.66. The largest absolute Gasteiger partial charge is 0.349 e. The Morgan fingerprint density at radius 1 is 1.11 bits per heavy atom. The number of benzene rings is 2. The highest BCUT2D eigenvalue weighted by atomic mass is 32.2. The van der Waals surface area contributed by atoms with E-state index in [-0.39, 0.29) is 23.7 Å². The van der Waals surface area contributed by atoms with Crippen LogP contribution in [-0.2, 0) is 19.6 Å². The van der Waals surface area contributed by atoms with E-state index in [9.17, 15) is 22.4 Å². The number of amides is 2. The molecule has 2 rings (SSSR count). The van der Waals surface area contributed by atoms with Gasteiger partial charge in [-0.25, -0.2) is 12.8 Å². The molecule has 2 aromatic rings. The number of halogens is 1. The van der Waals surface area contributed by atoms with Gasteiger partial charge in [-0.05, 0) is 23.8 Å². The van der Waals surface area contributed by atoms with Gasteiger partial charge in [-0.3, -0.25) is 14.3 Å². The average Bonchev–Trinajstić information content (AvgIpc) is 2.56. The number of carbonyl (C=O) groups is 2. The molecule has 1 atom stereocenters. The number of hydrogen-bond donors (Lipinski definition) is 3. The molecular formula is C18H20FN3O4S. The Morgan fingerprint density at radius 3 is 2.37 bits per heavy atom. The van der Waals surface area contributed by atoms with Crippen molar-refractivity contribution >= 4 is 33.2 Å². The predicted molar refractivity (Wildman–Crippen MR) is 101 cm³/mol. The standard InChI is InChI=1S/C18H20FN3O4S/c1-12(23)20-16(13-6-4-3-5-7-13)11-18(24)21-14-8-9-15(19)17(10-14)22-27(2,25)26/h3-10,16,22H,11H2,1-2H3,(H,20,23)(H,21,24)/t16-/m1/s1. The molecule has 9 heteroatoms. The summed E-state index contributed by atoms with van der Waals surface area (Å²) in [4.78, 5) is 23.8. The SMILES string of the molecule is CC(=O)N[C@H](CC(=O)Nc1ccc(F)c(NS(C)(=O)=O)c1)c1ccccc1. The fourth-order valence-electron chi connectivity index (χ4n) is 2.46. The molecule has 0 saturated heterocycles. The summed E-state index contributed by atoms with van der Waals surface area (Å²) in [6.45, 7) is 1.36. The van der Waals surface area contributed by atoms with Crippen LogP contribution in [0, 0.1) is 5.82 Å². The van der Waals surface area contributed by atoms with Crippen molar-refractivity contribution in [2.24, 2.45) is 0 Å². The maximum Gasteiger partial charge on any atom is 0.229 e. The molecule has 0 saturated carbocycles. The number of rotatable bonds is 7. The summed E-state index contributed by atoms with van der Waals surface area (Å²) in [7, 11) is -3.66. The van der Waals surface area contributed by atoms with Gasteiger partial charge in [-0.1, -0.05) is 30.3 Å². The second-order valence-electron chi connectivity index (χ2n) is 5.98. The second-order valence-corrected chi connectivity index (χ2v) is 7.73. The summed E-state index contributed by atoms with van der Waals surface area (Å²) in [6.07, 6.45) is 0.853. The highest BCUT2D eigenvalue weighted by Crippen LogP contribution is 2.22. The van der Waals surface area contributed by atoms with Gasteiger partial charge in [0.15, 0.2) is 0 Å². The minimum absolute atomic E-state index is 0.0458. The minimum Gasteiger partial charge on any atom is -0.349 e. The summed E-state index contributed by atoms with van der Waals surface area (Å²) in [5.41, 5.74) is 0.723. The zero-order chi connectivity index (χ0) is 20.0. The van der Waals surface area contributed by atoms with Crippen LogP contribution in [0.1, 0.15) is 24.9 Å². The molecule has 2 amide bonds. The average molecular weight is 393 g/mol. The van der Waals surface area contributed by atoms with Crippen LogP contribution in [0.4, 0.5) is 15.8 Å². The molecule has 0 unspecified atom stereocenters. The van der Waals surface area contributed by atoms with Crippen molar-refractivity contribution in [3.63, 3.8) is 0 Å². The van der Waals surface area contributed by atoms with Gasteiger partial charge in [0.25, 0.3) is 0 Å². The van der Waals surface area contributed by atoms with Crippen LogP contribution in [-0.4, -0.2) is 26.5 Å². The van der Waals surface area contributed by atoms with Crippen LogP contribution in [0.15, 0.2) is 48.5 Å². The molecule has 0 heterocycles. The topological polar surface area (TPSA) is 104 Å². The summed E-state index contributed by atoms with van der Waals surface area (Å²) < 4.78 is 38.3. The zero-order valence-corrected chi connectivity index (χ0v) is 15.6. The highest BCUT2D eigenvalue weighted by molar-refractivity contribution is 7.92. The van der Waals surface area contributed by atoms with E-state index < -0.39 is 27.8 Å². The van der Waals surface area contributed by atoms with Gasteiger partial charge in [-0.2, -0.15) is 0 Å². The molecule has 0 fully saturated rings. The fraction of sp³-hybridized carbons (Fsp3) is 0.222. The Bertz CT molecular complexity index is 933. The Balaban J connectivity index is 2.13. The third kappa shape index (κ3) is 6.70. The first kappa shape index (κ1) is 20.4. The van der Waals surface area contributed by atoms with Crippen LogP contribution < -0.4 is 15.4 Å². The third-order valence-electron chi connectivity index (χ3n) is 3.51. The number of sulfonamides is 1. The first-order valence-corrected chi connectivity index (χ1v) is 9.92. The summed E-state index contributed by atoms with van der Waals surface area (Å²) >= 11 is 0. The van der Waals surface area contributed by atoms with Gasteiger partial charge < -0.3 is 10.6 Å². The lowest BCUT2D eigenvalue weighted by molar-refractivity contribution is -0.120. The molecule has 0 aromatic heterocycles. The molecule has 3 N–H and O–H groups in total. The van der Waals surface area contributed by atoms with Crippen molar-refractivity contribution in [2.75, 3.05) is 16.3 Å². The number of hydrogen-bond acceptors (Lipinski definition) is 4. The smallest absolute Gasteiger partial charge is 0.229 e. The van der Waals surface area contributed by atoms with E-state index in [0.29, 0.717) is 0 Å². The van der Waals surface area contributed by atoms with Crippen molar-refractivity contribution in [1.29, 1.82) is 0 Å².